The number of aromatic amines is 2. The molecule has 3 aromatic carbocycles. The second-order valence-electron chi connectivity index (χ2n) is 15.6. The number of imidazole rings is 2. The summed E-state index contributed by atoms with van der Waals surface area (Å²) >= 11 is 0. The lowest BCUT2D eigenvalue weighted by Crippen LogP contribution is -2.49. The smallest absolute Gasteiger partial charge is 0.407 e. The molecule has 4 N–H and O–H groups in total. The molecular weight excluding hydrogens is 713 g/mol. The fraction of sp³-hybridized carbons (Fsp3) is 0.429. The van der Waals surface area contributed by atoms with Crippen molar-refractivity contribution in [3.63, 3.8) is 0 Å². The Morgan fingerprint density at radius 1 is 0.679 bits per heavy atom. The third-order valence-electron chi connectivity index (χ3n) is 11.9. The molecule has 2 aromatic heterocycles. The summed E-state index contributed by atoms with van der Waals surface area (Å²) in [6.45, 7) is 1.24. The molecule has 4 fully saturated rings. The van der Waals surface area contributed by atoms with Gasteiger partial charge in [-0.05, 0) is 109 Å². The Kier molecular flexibility index (Phi) is 9.34. The maximum absolute atomic E-state index is 13.7. The Bertz CT molecular complexity index is 2330. The van der Waals surface area contributed by atoms with E-state index >= 15 is 0 Å². The largest absolute Gasteiger partial charge is 0.453 e. The lowest BCUT2D eigenvalue weighted by atomic mass is 9.99. The van der Waals surface area contributed by atoms with E-state index < -0.39 is 24.3 Å². The van der Waals surface area contributed by atoms with Crippen molar-refractivity contribution < 1.29 is 28.7 Å². The van der Waals surface area contributed by atoms with E-state index in [0.717, 1.165) is 107 Å². The van der Waals surface area contributed by atoms with Crippen molar-refractivity contribution in [2.75, 3.05) is 27.3 Å². The molecule has 14 nitrogen and oxygen atoms in total. The molecule has 4 heterocycles. The zero-order valence-corrected chi connectivity index (χ0v) is 31.5. The van der Waals surface area contributed by atoms with E-state index in [1.807, 2.05) is 22.1 Å². The molecule has 0 radical (unpaired) electrons. The molecular formula is C42H46N8O6. The van der Waals surface area contributed by atoms with Gasteiger partial charge in [0.05, 0.1) is 49.2 Å². The summed E-state index contributed by atoms with van der Waals surface area (Å²) in [4.78, 5) is 71.7. The highest BCUT2D eigenvalue weighted by Crippen LogP contribution is 2.40. The maximum Gasteiger partial charge on any atom is 0.407 e. The van der Waals surface area contributed by atoms with E-state index in [9.17, 15) is 19.2 Å². The summed E-state index contributed by atoms with van der Waals surface area (Å²) < 4.78 is 9.60. The van der Waals surface area contributed by atoms with E-state index in [4.69, 9.17) is 19.4 Å². The van der Waals surface area contributed by atoms with Crippen LogP contribution in [0.3, 0.4) is 0 Å². The Morgan fingerprint density at radius 3 is 1.80 bits per heavy atom. The van der Waals surface area contributed by atoms with Crippen molar-refractivity contribution in [1.82, 2.24) is 40.4 Å². The van der Waals surface area contributed by atoms with Gasteiger partial charge >= 0.3 is 12.2 Å². The minimum atomic E-state index is -0.583. The van der Waals surface area contributed by atoms with Gasteiger partial charge in [-0.1, -0.05) is 30.3 Å². The number of carbonyl (C=O) groups is 4. The number of H-pyrrole nitrogens is 2. The monoisotopic (exact) mass is 758 g/mol. The van der Waals surface area contributed by atoms with Gasteiger partial charge in [0.15, 0.2) is 0 Å². The normalized spacial score (nSPS) is 20.6. The Hall–Kier alpha value is -5.92. The van der Waals surface area contributed by atoms with Gasteiger partial charge in [0.2, 0.25) is 11.8 Å². The maximum atomic E-state index is 13.7. The highest BCUT2D eigenvalue weighted by atomic mass is 16.5. The number of methoxy groups -OCH3 is 2. The molecule has 290 valence electrons. The van der Waals surface area contributed by atoms with Gasteiger partial charge in [-0.25, -0.2) is 19.6 Å². The number of nitrogens with zero attached hydrogens (tertiary/aromatic N) is 4. The van der Waals surface area contributed by atoms with E-state index in [2.05, 4.69) is 69.1 Å². The third kappa shape index (κ3) is 6.92. The molecule has 14 heteroatoms. The first-order valence-electron chi connectivity index (χ1n) is 19.7. The number of fused-ring (bicyclic) bond motifs is 2. The summed E-state index contributed by atoms with van der Waals surface area (Å²) in [6.07, 6.45) is 7.66. The Labute approximate surface area is 323 Å². The highest BCUT2D eigenvalue weighted by molar-refractivity contribution is 5.92. The second kappa shape index (κ2) is 14.6. The Balaban J connectivity index is 0.905. The lowest BCUT2D eigenvalue weighted by molar-refractivity contribution is -0.135. The van der Waals surface area contributed by atoms with Gasteiger partial charge < -0.3 is 39.9 Å². The molecule has 4 unspecified atom stereocenters. The first kappa shape index (κ1) is 35.8. The Morgan fingerprint density at radius 2 is 1.21 bits per heavy atom. The van der Waals surface area contributed by atoms with Crippen molar-refractivity contribution in [1.29, 1.82) is 0 Å². The van der Waals surface area contributed by atoms with Crippen molar-refractivity contribution in [2.45, 2.75) is 75.5 Å². The molecule has 0 spiro atoms. The highest BCUT2D eigenvalue weighted by Gasteiger charge is 2.44. The van der Waals surface area contributed by atoms with Crippen molar-refractivity contribution in [2.24, 2.45) is 11.8 Å². The molecule has 4 aliphatic rings. The predicted molar refractivity (Wildman–Crippen MR) is 208 cm³/mol. The molecule has 9 rings (SSSR count). The first-order chi connectivity index (χ1) is 27.3. The zero-order chi connectivity index (χ0) is 38.5. The molecule has 5 aromatic rings. The van der Waals surface area contributed by atoms with Gasteiger partial charge in [-0.3, -0.25) is 9.59 Å². The third-order valence-corrected chi connectivity index (χ3v) is 11.9. The fourth-order valence-corrected chi connectivity index (χ4v) is 8.59. The molecule has 56 heavy (non-hydrogen) atoms. The summed E-state index contributed by atoms with van der Waals surface area (Å²) in [5, 5.41) is 7.72. The van der Waals surface area contributed by atoms with Crippen LogP contribution in [0.4, 0.5) is 9.59 Å². The standard InChI is InChI=1S/C42H46N8O6/c1-55-41(53)47-35(23-7-8-23)39(51)49-17-3-5-33(49)37-43-22-32(46-37)29-14-13-25-19-26(11-12-27(25)20-29)28-15-16-30-31(21-28)45-38(44-30)34-6-4-18-50(34)40(52)36(24-9-10-24)48-42(54)56-2/h11-16,19-24,33-36H,3-10,17-18H2,1-2H3,(H,43,46)(H,44,45)(H,47,53)(H,48,54). The second-order valence-corrected chi connectivity index (χ2v) is 15.6. The van der Waals surface area contributed by atoms with E-state index in [0.29, 0.717) is 13.1 Å². The van der Waals surface area contributed by atoms with Gasteiger partial charge in [0, 0.05) is 18.7 Å². The van der Waals surface area contributed by atoms with Crippen LogP contribution in [0.2, 0.25) is 0 Å². The predicted octanol–water partition coefficient (Wildman–Crippen LogP) is 6.37. The minimum Gasteiger partial charge on any atom is -0.453 e. The number of hydrogen-bond acceptors (Lipinski definition) is 8. The molecule has 2 saturated carbocycles. The summed E-state index contributed by atoms with van der Waals surface area (Å²) in [6, 6.07) is 17.4. The number of benzene rings is 3. The van der Waals surface area contributed by atoms with Gasteiger partial charge in [0.25, 0.3) is 0 Å². The van der Waals surface area contributed by atoms with E-state index in [1.165, 1.54) is 14.2 Å². The van der Waals surface area contributed by atoms with Gasteiger partial charge in [-0.15, -0.1) is 0 Å². The zero-order valence-electron chi connectivity index (χ0n) is 31.5. The van der Waals surface area contributed by atoms with Crippen molar-refractivity contribution >= 4 is 45.8 Å². The molecule has 2 aliphatic heterocycles. The summed E-state index contributed by atoms with van der Waals surface area (Å²) in [7, 11) is 2.63. The van der Waals surface area contributed by atoms with Gasteiger partial charge in [-0.2, -0.15) is 0 Å². The number of likely N-dealkylation sites (tertiary alicyclic amines) is 2. The van der Waals surface area contributed by atoms with E-state index in [-0.39, 0.29) is 35.7 Å². The molecule has 4 atom stereocenters. The summed E-state index contributed by atoms with van der Waals surface area (Å²) in [5.41, 5.74) is 5.74. The number of nitrogens with one attached hydrogen (secondary N) is 4. The molecule has 4 amide bonds. The number of ether oxygens (including phenoxy) is 2. The van der Waals surface area contributed by atoms with Gasteiger partial charge in [0.1, 0.15) is 23.7 Å². The van der Waals surface area contributed by atoms with Crippen molar-refractivity contribution in [3.8, 4) is 22.4 Å². The number of rotatable bonds is 10. The first-order valence-corrected chi connectivity index (χ1v) is 19.7. The van der Waals surface area contributed by atoms with Crippen LogP contribution in [-0.4, -0.2) is 93.1 Å². The van der Waals surface area contributed by atoms with Crippen LogP contribution in [0.15, 0.2) is 60.8 Å². The fourth-order valence-electron chi connectivity index (χ4n) is 8.59. The SMILES string of the molecule is COC(=O)NC(C(=O)N1CCCC1c1ncc(-c2ccc3cc(-c4ccc5nc(C6CCCN6C(=O)C(NC(=O)OC)C6CC6)[nH]c5c4)ccc3c2)[nH]1)C1CC1. The number of alkyl carbamates (subject to hydrolysis) is 2. The van der Waals surface area contributed by atoms with Crippen molar-refractivity contribution in [3.05, 3.63) is 72.4 Å². The van der Waals surface area contributed by atoms with Crippen LogP contribution in [0.25, 0.3) is 44.2 Å². The number of carbonyl (C=O) groups excluding carboxylic acids is 4. The molecule has 2 saturated heterocycles. The van der Waals surface area contributed by atoms with Crippen LogP contribution >= 0.6 is 0 Å². The molecule has 2 aliphatic carbocycles. The quantitative estimate of drug-likeness (QED) is 0.127. The lowest BCUT2D eigenvalue weighted by Gasteiger charge is -2.28. The number of amides is 4. The number of aromatic nitrogens is 4. The summed E-state index contributed by atoms with van der Waals surface area (Å²) in [5.74, 6) is 1.64. The van der Waals surface area contributed by atoms with Crippen LogP contribution < -0.4 is 10.6 Å². The van der Waals surface area contributed by atoms with Crippen LogP contribution in [0.1, 0.15) is 75.1 Å². The van der Waals surface area contributed by atoms with Crippen LogP contribution in [-0.2, 0) is 19.1 Å². The van der Waals surface area contributed by atoms with Crippen LogP contribution in [0, 0.1) is 11.8 Å². The number of hydrogen-bond donors (Lipinski definition) is 4. The topological polar surface area (TPSA) is 175 Å². The minimum absolute atomic E-state index is 0.0746. The average molecular weight is 759 g/mol. The van der Waals surface area contributed by atoms with Crippen LogP contribution in [0.5, 0.6) is 0 Å². The average Bonchev–Trinajstić information content (AvgIpc) is 3.97. The van der Waals surface area contributed by atoms with E-state index in [1.54, 1.807) is 0 Å². The molecule has 0 bridgehead atoms.